The Hall–Kier alpha value is -1.11. The number of nitrogens with two attached hydrogens (primary N) is 1. The molecular formula is C10H12ClFN2. The Kier molecular flexibility index (Phi) is 5.14. The minimum atomic E-state index is -0.314. The van der Waals surface area contributed by atoms with Crippen LogP contribution in [0.25, 0.3) is 0 Å². The van der Waals surface area contributed by atoms with Crippen molar-refractivity contribution in [1.29, 1.82) is 5.26 Å². The zero-order valence-electron chi connectivity index (χ0n) is 7.83. The normalized spacial score (nSPS) is 11.3. The number of aryl methyl sites for hydroxylation is 1. The molecule has 0 saturated carbocycles. The molecule has 0 fully saturated rings. The van der Waals surface area contributed by atoms with Crippen LogP contribution in [0.2, 0.25) is 0 Å². The molecule has 0 aliphatic carbocycles. The number of benzene rings is 1. The standard InChI is InChI=1S/C10H11FN2.ClH/c1-7-6-8(11)2-3-9(7)10(13)4-5-12;/h2-3,6,10H,4,13H2,1H3;1H. The van der Waals surface area contributed by atoms with Crippen LogP contribution in [-0.4, -0.2) is 0 Å². The molecule has 0 spiro atoms. The van der Waals surface area contributed by atoms with Crippen molar-refractivity contribution in [1.82, 2.24) is 0 Å². The van der Waals surface area contributed by atoms with E-state index in [1.165, 1.54) is 12.1 Å². The Morgan fingerprint density at radius 3 is 2.71 bits per heavy atom. The largest absolute Gasteiger partial charge is 0.323 e. The maximum absolute atomic E-state index is 12.7. The highest BCUT2D eigenvalue weighted by Crippen LogP contribution is 2.18. The van der Waals surface area contributed by atoms with Crippen molar-refractivity contribution in [2.24, 2.45) is 5.73 Å². The quantitative estimate of drug-likeness (QED) is 0.822. The van der Waals surface area contributed by atoms with Crippen molar-refractivity contribution >= 4 is 12.4 Å². The van der Waals surface area contributed by atoms with Crippen LogP contribution >= 0.6 is 12.4 Å². The molecule has 1 aromatic carbocycles. The highest BCUT2D eigenvalue weighted by atomic mass is 35.5. The van der Waals surface area contributed by atoms with Gasteiger partial charge in [-0.3, -0.25) is 0 Å². The third-order valence-corrected chi connectivity index (χ3v) is 1.94. The SMILES string of the molecule is Cc1cc(F)ccc1C(N)CC#N.Cl. The molecule has 4 heteroatoms. The lowest BCUT2D eigenvalue weighted by Gasteiger charge is -2.10. The van der Waals surface area contributed by atoms with Crippen LogP contribution in [0.4, 0.5) is 4.39 Å². The highest BCUT2D eigenvalue weighted by molar-refractivity contribution is 5.85. The first-order valence-electron chi connectivity index (χ1n) is 4.03. The zero-order chi connectivity index (χ0) is 9.84. The summed E-state index contributed by atoms with van der Waals surface area (Å²) in [6.07, 6.45) is 0.256. The number of hydrogen-bond acceptors (Lipinski definition) is 2. The summed E-state index contributed by atoms with van der Waals surface area (Å²) < 4.78 is 12.7. The molecule has 76 valence electrons. The van der Waals surface area contributed by atoms with Gasteiger partial charge in [0.2, 0.25) is 0 Å². The van der Waals surface area contributed by atoms with E-state index < -0.39 is 0 Å². The van der Waals surface area contributed by atoms with E-state index >= 15 is 0 Å². The van der Waals surface area contributed by atoms with Gasteiger partial charge in [0, 0.05) is 6.04 Å². The molecular weight excluding hydrogens is 203 g/mol. The fraction of sp³-hybridized carbons (Fsp3) is 0.300. The predicted octanol–water partition coefficient (Wildman–Crippen LogP) is 2.47. The Morgan fingerprint density at radius 2 is 2.21 bits per heavy atom. The average molecular weight is 215 g/mol. The molecule has 1 unspecified atom stereocenters. The second kappa shape index (κ2) is 5.58. The Balaban J connectivity index is 0.00000169. The maximum atomic E-state index is 12.7. The van der Waals surface area contributed by atoms with E-state index in [0.717, 1.165) is 11.1 Å². The van der Waals surface area contributed by atoms with Crippen molar-refractivity contribution in [3.63, 3.8) is 0 Å². The van der Waals surface area contributed by atoms with Crippen LogP contribution in [0.5, 0.6) is 0 Å². The van der Waals surface area contributed by atoms with E-state index in [4.69, 9.17) is 11.0 Å². The van der Waals surface area contributed by atoms with Gasteiger partial charge in [-0.25, -0.2) is 4.39 Å². The second-order valence-electron chi connectivity index (χ2n) is 2.97. The van der Waals surface area contributed by atoms with Crippen molar-refractivity contribution in [2.45, 2.75) is 19.4 Å². The molecule has 0 aliphatic heterocycles. The number of halogens is 2. The van der Waals surface area contributed by atoms with Gasteiger partial charge in [-0.15, -0.1) is 12.4 Å². The van der Waals surface area contributed by atoms with Crippen molar-refractivity contribution < 1.29 is 4.39 Å². The molecule has 1 atom stereocenters. The summed E-state index contributed by atoms with van der Waals surface area (Å²) in [5.41, 5.74) is 7.34. The van der Waals surface area contributed by atoms with E-state index in [0.29, 0.717) is 0 Å². The minimum Gasteiger partial charge on any atom is -0.323 e. The molecule has 0 radical (unpaired) electrons. The van der Waals surface area contributed by atoms with Gasteiger partial charge in [-0.2, -0.15) is 5.26 Å². The first-order chi connectivity index (χ1) is 6.15. The number of nitriles is 1. The monoisotopic (exact) mass is 214 g/mol. The molecule has 1 aromatic rings. The van der Waals surface area contributed by atoms with Gasteiger partial charge < -0.3 is 5.73 Å². The van der Waals surface area contributed by atoms with Gasteiger partial charge in [0.1, 0.15) is 5.82 Å². The molecule has 0 bridgehead atoms. The summed E-state index contributed by atoms with van der Waals surface area (Å²) in [5.74, 6) is -0.273. The van der Waals surface area contributed by atoms with Crippen molar-refractivity contribution in [3.05, 3.63) is 35.1 Å². The lowest BCUT2D eigenvalue weighted by Crippen LogP contribution is -2.10. The van der Waals surface area contributed by atoms with E-state index in [1.807, 2.05) is 6.07 Å². The Bertz CT molecular complexity index is 346. The average Bonchev–Trinajstić information content (AvgIpc) is 2.04. The maximum Gasteiger partial charge on any atom is 0.123 e. The predicted molar refractivity (Wildman–Crippen MR) is 55.5 cm³/mol. The highest BCUT2D eigenvalue weighted by Gasteiger charge is 2.08. The summed E-state index contributed by atoms with van der Waals surface area (Å²) in [7, 11) is 0. The third-order valence-electron chi connectivity index (χ3n) is 1.94. The number of nitrogens with zero attached hydrogens (tertiary/aromatic N) is 1. The first-order valence-corrected chi connectivity index (χ1v) is 4.03. The van der Waals surface area contributed by atoms with Gasteiger partial charge in [0.15, 0.2) is 0 Å². The molecule has 1 rings (SSSR count). The summed E-state index contributed by atoms with van der Waals surface area (Å²) >= 11 is 0. The molecule has 0 heterocycles. The third kappa shape index (κ3) is 2.99. The fourth-order valence-electron chi connectivity index (χ4n) is 1.26. The van der Waals surface area contributed by atoms with Crippen LogP contribution in [0.15, 0.2) is 18.2 Å². The summed E-state index contributed by atoms with van der Waals surface area (Å²) in [6, 6.07) is 6.09. The second-order valence-corrected chi connectivity index (χ2v) is 2.97. The minimum absolute atomic E-state index is 0. The Morgan fingerprint density at radius 1 is 1.57 bits per heavy atom. The van der Waals surface area contributed by atoms with E-state index in [-0.39, 0.29) is 30.7 Å². The Labute approximate surface area is 88.9 Å². The topological polar surface area (TPSA) is 49.8 Å². The van der Waals surface area contributed by atoms with Crippen LogP contribution in [0, 0.1) is 24.1 Å². The first kappa shape index (κ1) is 12.9. The molecule has 0 saturated heterocycles. The smallest absolute Gasteiger partial charge is 0.123 e. The van der Waals surface area contributed by atoms with E-state index in [2.05, 4.69) is 0 Å². The molecule has 0 aromatic heterocycles. The van der Waals surface area contributed by atoms with E-state index in [1.54, 1.807) is 13.0 Å². The molecule has 2 nitrogen and oxygen atoms in total. The number of hydrogen-bond donors (Lipinski definition) is 1. The fourth-order valence-corrected chi connectivity index (χ4v) is 1.26. The number of rotatable bonds is 2. The van der Waals surface area contributed by atoms with Gasteiger partial charge in [-0.1, -0.05) is 6.07 Å². The molecule has 14 heavy (non-hydrogen) atoms. The van der Waals surface area contributed by atoms with Crippen LogP contribution in [0.1, 0.15) is 23.6 Å². The van der Waals surface area contributed by atoms with E-state index in [9.17, 15) is 4.39 Å². The lowest BCUT2D eigenvalue weighted by atomic mass is 10.00. The van der Waals surface area contributed by atoms with Crippen LogP contribution < -0.4 is 5.73 Å². The summed E-state index contributed by atoms with van der Waals surface area (Å²) in [4.78, 5) is 0. The van der Waals surface area contributed by atoms with Gasteiger partial charge in [-0.05, 0) is 30.2 Å². The van der Waals surface area contributed by atoms with Crippen molar-refractivity contribution in [2.75, 3.05) is 0 Å². The summed E-state index contributed by atoms with van der Waals surface area (Å²) in [5, 5.41) is 8.44. The molecule has 0 amide bonds. The van der Waals surface area contributed by atoms with Crippen LogP contribution in [-0.2, 0) is 0 Å². The summed E-state index contributed by atoms with van der Waals surface area (Å²) in [6.45, 7) is 1.79. The molecule has 2 N–H and O–H groups in total. The zero-order valence-corrected chi connectivity index (χ0v) is 8.64. The van der Waals surface area contributed by atoms with Gasteiger partial charge in [0.05, 0.1) is 12.5 Å². The van der Waals surface area contributed by atoms with Gasteiger partial charge >= 0.3 is 0 Å². The van der Waals surface area contributed by atoms with Gasteiger partial charge in [0.25, 0.3) is 0 Å². The van der Waals surface area contributed by atoms with Crippen LogP contribution in [0.3, 0.4) is 0 Å². The molecule has 0 aliphatic rings. The lowest BCUT2D eigenvalue weighted by molar-refractivity contribution is 0.623. The van der Waals surface area contributed by atoms with Crippen molar-refractivity contribution in [3.8, 4) is 6.07 Å².